The van der Waals surface area contributed by atoms with E-state index in [4.69, 9.17) is 4.74 Å². The first-order valence-corrected chi connectivity index (χ1v) is 14.8. The Morgan fingerprint density at radius 3 is 1.68 bits per heavy atom. The maximum Gasteiger partial charge on any atom is 0.407 e. The number of hydrogen-bond donors (Lipinski definition) is 1. The molecular formula is C33H44N2O2S. The van der Waals surface area contributed by atoms with Crippen LogP contribution in [0.2, 0.25) is 0 Å². The molecule has 0 aliphatic heterocycles. The molecule has 1 amide bonds. The van der Waals surface area contributed by atoms with Gasteiger partial charge in [-0.05, 0) is 69.6 Å². The van der Waals surface area contributed by atoms with Crippen LogP contribution >= 0.6 is 11.8 Å². The third-order valence-corrected chi connectivity index (χ3v) is 8.09. The number of carbonyl (C=O) groups excluding carboxylic acids is 1. The Morgan fingerprint density at radius 1 is 0.737 bits per heavy atom. The van der Waals surface area contributed by atoms with Crippen molar-refractivity contribution in [1.82, 2.24) is 10.2 Å². The third kappa shape index (κ3) is 9.21. The van der Waals surface area contributed by atoms with Gasteiger partial charge in [-0.25, -0.2) is 4.79 Å². The lowest BCUT2D eigenvalue weighted by Crippen LogP contribution is -2.37. The predicted molar refractivity (Wildman–Crippen MR) is 162 cm³/mol. The molecule has 0 aliphatic carbocycles. The predicted octanol–water partition coefficient (Wildman–Crippen LogP) is 7.73. The number of nitrogens with one attached hydrogen (secondary N) is 1. The van der Waals surface area contributed by atoms with Crippen molar-refractivity contribution < 1.29 is 9.53 Å². The molecule has 0 aliphatic rings. The van der Waals surface area contributed by atoms with Gasteiger partial charge in [-0.2, -0.15) is 0 Å². The molecule has 0 saturated carbocycles. The molecule has 0 saturated heterocycles. The van der Waals surface area contributed by atoms with Gasteiger partial charge in [0.2, 0.25) is 0 Å². The van der Waals surface area contributed by atoms with Gasteiger partial charge in [0, 0.05) is 13.1 Å². The van der Waals surface area contributed by atoms with Gasteiger partial charge in [-0.1, -0.05) is 104 Å². The molecule has 0 heterocycles. The molecule has 3 aromatic carbocycles. The third-order valence-electron chi connectivity index (χ3n) is 6.46. The molecule has 0 fully saturated rings. The van der Waals surface area contributed by atoms with E-state index < -0.39 is 5.60 Å². The Kier molecular flexibility index (Phi) is 11.8. The second-order valence-corrected chi connectivity index (χ2v) is 12.1. The van der Waals surface area contributed by atoms with E-state index in [-0.39, 0.29) is 10.8 Å². The van der Waals surface area contributed by atoms with Gasteiger partial charge >= 0.3 is 6.09 Å². The number of ether oxygens (including phenoxy) is 1. The molecule has 0 atom stereocenters. The van der Waals surface area contributed by atoms with Crippen molar-refractivity contribution >= 4 is 17.9 Å². The van der Waals surface area contributed by atoms with Crippen molar-refractivity contribution in [1.29, 1.82) is 0 Å². The number of amides is 1. The van der Waals surface area contributed by atoms with Crippen LogP contribution in [0.25, 0.3) is 0 Å². The summed E-state index contributed by atoms with van der Waals surface area (Å²) >= 11 is 2.05. The van der Waals surface area contributed by atoms with E-state index in [1.165, 1.54) is 36.0 Å². The highest BCUT2D eigenvalue weighted by molar-refractivity contribution is 8.00. The molecule has 0 bridgehead atoms. The minimum atomic E-state index is -0.461. The van der Waals surface area contributed by atoms with E-state index in [2.05, 4.69) is 108 Å². The van der Waals surface area contributed by atoms with Crippen molar-refractivity contribution in [3.63, 3.8) is 0 Å². The molecule has 204 valence electrons. The number of thioether (sulfide) groups is 1. The summed E-state index contributed by atoms with van der Waals surface area (Å²) in [6, 6.07) is 32.8. The number of benzene rings is 3. The lowest BCUT2D eigenvalue weighted by atomic mass is 9.84. The van der Waals surface area contributed by atoms with Crippen molar-refractivity contribution in [2.45, 2.75) is 56.8 Å². The highest BCUT2D eigenvalue weighted by Crippen LogP contribution is 2.48. The second-order valence-electron chi connectivity index (χ2n) is 10.8. The Balaban J connectivity index is 1.50. The van der Waals surface area contributed by atoms with E-state index in [1.807, 2.05) is 32.5 Å². The first kappa shape index (κ1) is 29.8. The average Bonchev–Trinajstić information content (AvgIpc) is 2.91. The highest BCUT2D eigenvalue weighted by atomic mass is 32.2. The minimum Gasteiger partial charge on any atom is -0.444 e. The molecule has 4 nitrogen and oxygen atoms in total. The smallest absolute Gasteiger partial charge is 0.407 e. The number of carbonyl (C=O) groups is 1. The van der Waals surface area contributed by atoms with Crippen LogP contribution in [0.3, 0.4) is 0 Å². The minimum absolute atomic E-state index is 0.231. The second kappa shape index (κ2) is 15.0. The number of alkyl carbamates (subject to hydrolysis) is 1. The van der Waals surface area contributed by atoms with E-state index in [1.54, 1.807) is 0 Å². The fourth-order valence-electron chi connectivity index (χ4n) is 4.61. The standard InChI is InChI=1S/C33H44N2O2S/c1-32(2,3)37-31(36)34-24-26-35(4)25-16-5-6-17-27-38-33(28-18-10-7-11-19-28,29-20-12-8-13-21-29)30-22-14-9-15-23-30/h7-15,18-23H,5-6,16-17,24-27H2,1-4H3,(H,34,36). The normalized spacial score (nSPS) is 11.9. The summed E-state index contributed by atoms with van der Waals surface area (Å²) in [7, 11) is 2.11. The van der Waals surface area contributed by atoms with Crippen molar-refractivity contribution in [3.05, 3.63) is 108 Å². The molecule has 38 heavy (non-hydrogen) atoms. The summed E-state index contributed by atoms with van der Waals surface area (Å²) in [6.45, 7) is 8.09. The van der Waals surface area contributed by atoms with E-state index >= 15 is 0 Å². The molecular weight excluding hydrogens is 488 g/mol. The number of likely N-dealkylation sites (N-methyl/N-ethyl adjacent to an activating group) is 1. The molecule has 3 aromatic rings. The number of rotatable bonds is 14. The monoisotopic (exact) mass is 532 g/mol. The summed E-state index contributed by atoms with van der Waals surface area (Å²) in [5, 5.41) is 2.84. The molecule has 5 heteroatoms. The summed E-state index contributed by atoms with van der Waals surface area (Å²) in [6.07, 6.45) is 4.42. The summed E-state index contributed by atoms with van der Waals surface area (Å²) in [4.78, 5) is 14.1. The van der Waals surface area contributed by atoms with Crippen LogP contribution in [-0.2, 0) is 9.48 Å². The first-order chi connectivity index (χ1) is 18.3. The molecule has 0 unspecified atom stereocenters. The number of nitrogens with zero attached hydrogens (tertiary/aromatic N) is 1. The van der Waals surface area contributed by atoms with Crippen LogP contribution in [0, 0.1) is 0 Å². The van der Waals surface area contributed by atoms with Gasteiger partial charge in [-0.3, -0.25) is 0 Å². The largest absolute Gasteiger partial charge is 0.444 e. The first-order valence-electron chi connectivity index (χ1n) is 13.8. The lowest BCUT2D eigenvalue weighted by Gasteiger charge is -2.35. The fraction of sp³-hybridized carbons (Fsp3) is 0.424. The van der Waals surface area contributed by atoms with Crippen LogP contribution in [0.4, 0.5) is 4.79 Å². The highest BCUT2D eigenvalue weighted by Gasteiger charge is 2.36. The van der Waals surface area contributed by atoms with Crippen molar-refractivity contribution in [2.75, 3.05) is 32.4 Å². The van der Waals surface area contributed by atoms with Crippen LogP contribution in [0.5, 0.6) is 0 Å². The lowest BCUT2D eigenvalue weighted by molar-refractivity contribution is 0.0523. The van der Waals surface area contributed by atoms with Crippen LogP contribution in [0.15, 0.2) is 91.0 Å². The Morgan fingerprint density at radius 2 is 1.21 bits per heavy atom. The zero-order chi connectivity index (χ0) is 27.3. The maximum atomic E-state index is 11.8. The summed E-state index contributed by atoms with van der Waals surface area (Å²) in [5.41, 5.74) is 3.51. The molecule has 0 radical (unpaired) electrons. The zero-order valence-electron chi connectivity index (χ0n) is 23.5. The summed E-state index contributed by atoms with van der Waals surface area (Å²) < 4.78 is 5.06. The van der Waals surface area contributed by atoms with Crippen LogP contribution in [-0.4, -0.2) is 49.0 Å². The summed E-state index contributed by atoms with van der Waals surface area (Å²) in [5.74, 6) is 1.09. The van der Waals surface area contributed by atoms with Gasteiger partial charge in [-0.15, -0.1) is 11.8 Å². The quantitative estimate of drug-likeness (QED) is 0.170. The van der Waals surface area contributed by atoms with Crippen molar-refractivity contribution in [3.8, 4) is 0 Å². The van der Waals surface area contributed by atoms with Crippen LogP contribution < -0.4 is 5.32 Å². The Labute approximate surface area is 234 Å². The maximum absolute atomic E-state index is 11.8. The van der Waals surface area contributed by atoms with Crippen molar-refractivity contribution in [2.24, 2.45) is 0 Å². The van der Waals surface area contributed by atoms with E-state index in [0.717, 1.165) is 25.3 Å². The molecule has 1 N–H and O–H groups in total. The zero-order valence-corrected chi connectivity index (χ0v) is 24.3. The van der Waals surface area contributed by atoms with Gasteiger partial charge in [0.1, 0.15) is 5.60 Å². The van der Waals surface area contributed by atoms with E-state index in [9.17, 15) is 4.79 Å². The average molecular weight is 533 g/mol. The van der Waals surface area contributed by atoms with Crippen LogP contribution in [0.1, 0.15) is 63.1 Å². The van der Waals surface area contributed by atoms with Gasteiger partial charge in [0.15, 0.2) is 0 Å². The fourth-order valence-corrected chi connectivity index (χ4v) is 6.17. The van der Waals surface area contributed by atoms with Gasteiger partial charge < -0.3 is 15.0 Å². The molecule has 0 spiro atoms. The topological polar surface area (TPSA) is 41.6 Å². The number of unbranched alkanes of at least 4 members (excludes halogenated alkanes) is 3. The molecule has 3 rings (SSSR count). The Hall–Kier alpha value is -2.76. The number of hydrogen-bond acceptors (Lipinski definition) is 4. The van der Waals surface area contributed by atoms with Gasteiger partial charge in [0.25, 0.3) is 0 Å². The van der Waals surface area contributed by atoms with Gasteiger partial charge in [0.05, 0.1) is 4.75 Å². The Bertz CT molecular complexity index is 972. The molecule has 0 aromatic heterocycles. The SMILES string of the molecule is CN(CCCCCCSC(c1ccccc1)(c1ccccc1)c1ccccc1)CCNC(=O)OC(C)(C)C. The van der Waals surface area contributed by atoms with E-state index in [0.29, 0.717) is 6.54 Å².